The molecule has 0 radical (unpaired) electrons. The zero-order valence-corrected chi connectivity index (χ0v) is 34.4. The molecule has 0 unspecified atom stereocenters. The van der Waals surface area contributed by atoms with Crippen molar-refractivity contribution in [3.05, 3.63) is 184 Å². The minimum atomic E-state index is -0.950. The molecule has 11 heteroatoms. The molecule has 9 nitrogen and oxygen atoms in total. The molecule has 1 heterocycles. The lowest BCUT2D eigenvalue weighted by atomic mass is 9.84. The van der Waals surface area contributed by atoms with Gasteiger partial charge in [-0.3, -0.25) is 24.3 Å². The van der Waals surface area contributed by atoms with Gasteiger partial charge >= 0.3 is 11.9 Å². The molecule has 0 fully saturated rings. The van der Waals surface area contributed by atoms with Crippen LogP contribution in [0.1, 0.15) is 60.3 Å². The monoisotopic (exact) mass is 818 g/mol. The number of carbonyl (C=O) groups is 3. The topological polar surface area (TPSA) is 135 Å². The molecule has 0 spiro atoms. The quantitative estimate of drug-likeness (QED) is 0.0289. The summed E-state index contributed by atoms with van der Waals surface area (Å²) in [6, 6.07) is 43.3. The van der Waals surface area contributed by atoms with E-state index in [4.69, 9.17) is 22.1 Å². The molecule has 5 rings (SSSR count). The van der Waals surface area contributed by atoms with Gasteiger partial charge in [-0.2, -0.15) is 0 Å². The Kier molecular flexibility index (Phi) is 16.7. The molecule has 4 N–H and O–H groups in total. The van der Waals surface area contributed by atoms with E-state index < -0.39 is 28.8 Å². The predicted octanol–water partition coefficient (Wildman–Crippen LogP) is 8.39. The molecule has 0 saturated carbocycles. The molecule has 4 aromatic carbocycles. The number of carboxylic acid groups (broad SMARTS) is 1. The zero-order chi connectivity index (χ0) is 41.3. The highest BCUT2D eigenvalue weighted by molar-refractivity contribution is 8.00. The molecule has 1 aromatic heterocycles. The van der Waals surface area contributed by atoms with Crippen molar-refractivity contribution in [2.24, 2.45) is 11.7 Å². The van der Waals surface area contributed by atoms with Gasteiger partial charge in [-0.25, -0.2) is 0 Å². The lowest BCUT2D eigenvalue weighted by Crippen LogP contribution is -2.39. The molecule has 0 aliphatic rings. The first-order valence-corrected chi connectivity index (χ1v) is 20.7. The van der Waals surface area contributed by atoms with E-state index in [0.29, 0.717) is 29.4 Å². The SMILES string of the molecule is CC(C)[C@H](N)C(=O)O[C@H](/C=C/CCSC(c1ccccc1)(c1ccccc1)c1ccccc1)CC(=O)NCc1cccc(CN(CC(=O)O)Cc2ccc(Cl)cc2)n1. The van der Waals surface area contributed by atoms with Crippen molar-refractivity contribution in [1.29, 1.82) is 0 Å². The fourth-order valence-corrected chi connectivity index (χ4v) is 8.14. The summed E-state index contributed by atoms with van der Waals surface area (Å²) in [5.74, 6) is -1.25. The summed E-state index contributed by atoms with van der Waals surface area (Å²) in [5.41, 5.74) is 11.8. The van der Waals surface area contributed by atoms with Crippen molar-refractivity contribution in [2.45, 2.75) is 63.2 Å². The number of pyridine rings is 1. The van der Waals surface area contributed by atoms with E-state index in [1.165, 1.54) is 16.7 Å². The molecule has 0 aliphatic heterocycles. The standard InChI is InChI=1S/C47H51ClN4O5S/c1-34(2)45(49)46(56)57-42(23-12-13-28-58-47(36-15-6-3-7-16-36,37-17-8-4-9-18-37)38-19-10-5-11-20-38)29-43(53)50-30-40-21-14-22-41(51-40)32-52(33-44(54)55)31-35-24-26-39(48)27-25-35/h3-12,14-27,34,42,45H,13,28-33,49H2,1-2H3,(H,50,53)(H,54,55)/b23-12+/t42-,45+/m1/s1. The Morgan fingerprint density at radius 1 is 0.828 bits per heavy atom. The van der Waals surface area contributed by atoms with Crippen molar-refractivity contribution in [1.82, 2.24) is 15.2 Å². The summed E-state index contributed by atoms with van der Waals surface area (Å²) in [6.45, 7) is 4.34. The summed E-state index contributed by atoms with van der Waals surface area (Å²) >= 11 is 7.86. The van der Waals surface area contributed by atoms with Crippen LogP contribution in [0.3, 0.4) is 0 Å². The smallest absolute Gasteiger partial charge is 0.323 e. The Morgan fingerprint density at radius 2 is 1.40 bits per heavy atom. The molecule has 0 saturated heterocycles. The molecule has 0 bridgehead atoms. The molecule has 5 aromatic rings. The van der Waals surface area contributed by atoms with Gasteiger partial charge in [0, 0.05) is 18.1 Å². The van der Waals surface area contributed by atoms with E-state index >= 15 is 0 Å². The number of halogens is 1. The molecular formula is C47H51ClN4O5S. The van der Waals surface area contributed by atoms with E-state index in [0.717, 1.165) is 11.3 Å². The third-order valence-electron chi connectivity index (χ3n) is 9.53. The third-order valence-corrected chi connectivity index (χ3v) is 11.4. The van der Waals surface area contributed by atoms with Gasteiger partial charge in [0.2, 0.25) is 5.91 Å². The number of rotatable bonds is 21. The van der Waals surface area contributed by atoms with Crippen LogP contribution < -0.4 is 11.1 Å². The Hall–Kier alpha value is -5.26. The number of carboxylic acids is 1. The number of carbonyl (C=O) groups excluding carboxylic acids is 2. The van der Waals surface area contributed by atoms with Crippen molar-refractivity contribution < 1.29 is 24.2 Å². The first-order valence-electron chi connectivity index (χ1n) is 19.4. The van der Waals surface area contributed by atoms with Crippen LogP contribution in [0.15, 0.2) is 146 Å². The van der Waals surface area contributed by atoms with Gasteiger partial charge in [-0.05, 0) is 70.7 Å². The van der Waals surface area contributed by atoms with E-state index in [1.54, 1.807) is 29.2 Å². The number of allylic oxidation sites excluding steroid dienone is 1. The van der Waals surface area contributed by atoms with Crippen molar-refractivity contribution >= 4 is 41.2 Å². The van der Waals surface area contributed by atoms with E-state index in [1.807, 2.05) is 74.1 Å². The van der Waals surface area contributed by atoms with Gasteiger partial charge in [0.1, 0.15) is 12.1 Å². The van der Waals surface area contributed by atoms with E-state index in [2.05, 4.69) is 83.1 Å². The normalized spacial score (nSPS) is 12.7. The van der Waals surface area contributed by atoms with Crippen LogP contribution in [0.2, 0.25) is 5.02 Å². The first-order chi connectivity index (χ1) is 28.0. The molecule has 302 valence electrons. The summed E-state index contributed by atoms with van der Waals surface area (Å²) in [4.78, 5) is 44.4. The highest BCUT2D eigenvalue weighted by atomic mass is 35.5. The van der Waals surface area contributed by atoms with Crippen LogP contribution in [-0.2, 0) is 43.5 Å². The second-order valence-corrected chi connectivity index (χ2v) is 16.1. The number of thioether (sulfide) groups is 1. The first kappa shape index (κ1) is 43.9. The van der Waals surface area contributed by atoms with Gasteiger partial charge in [0.05, 0.1) is 35.6 Å². The minimum Gasteiger partial charge on any atom is -0.480 e. The number of hydrogen-bond acceptors (Lipinski definition) is 8. The number of aromatic nitrogens is 1. The third kappa shape index (κ3) is 12.9. The molecule has 0 aliphatic carbocycles. The van der Waals surface area contributed by atoms with Crippen molar-refractivity contribution in [3.8, 4) is 0 Å². The van der Waals surface area contributed by atoms with Crippen LogP contribution >= 0.6 is 23.4 Å². The molecule has 1 amide bonds. The lowest BCUT2D eigenvalue weighted by Gasteiger charge is -2.35. The number of aliphatic carboxylic acids is 1. The van der Waals surface area contributed by atoms with Crippen LogP contribution in [-0.4, -0.2) is 57.3 Å². The number of ether oxygens (including phenoxy) is 1. The average Bonchev–Trinajstić information content (AvgIpc) is 3.22. The highest BCUT2D eigenvalue weighted by Crippen LogP contribution is 2.48. The number of hydrogen-bond donors (Lipinski definition) is 3. The van der Waals surface area contributed by atoms with Gasteiger partial charge < -0.3 is 20.9 Å². The average molecular weight is 819 g/mol. The maximum absolute atomic E-state index is 13.3. The van der Waals surface area contributed by atoms with E-state index in [-0.39, 0.29) is 37.9 Å². The fourth-order valence-electron chi connectivity index (χ4n) is 6.54. The molecule has 2 atom stereocenters. The van der Waals surface area contributed by atoms with Gasteiger partial charge in [-0.15, -0.1) is 11.8 Å². The maximum atomic E-state index is 13.3. The largest absolute Gasteiger partial charge is 0.480 e. The second kappa shape index (κ2) is 22.0. The summed E-state index contributed by atoms with van der Waals surface area (Å²) < 4.78 is 5.34. The fraction of sp³-hybridized carbons (Fsp3) is 0.277. The number of esters is 1. The Balaban J connectivity index is 1.25. The number of amides is 1. The maximum Gasteiger partial charge on any atom is 0.323 e. The Morgan fingerprint density at radius 3 is 1.95 bits per heavy atom. The number of nitrogens with two attached hydrogens (primary N) is 1. The van der Waals surface area contributed by atoms with Crippen molar-refractivity contribution in [3.63, 3.8) is 0 Å². The summed E-state index contributed by atoms with van der Waals surface area (Å²) in [5, 5.41) is 13.0. The van der Waals surface area contributed by atoms with Crippen LogP contribution in [0.4, 0.5) is 0 Å². The number of benzene rings is 4. The number of nitrogens with one attached hydrogen (secondary N) is 1. The lowest BCUT2D eigenvalue weighted by molar-refractivity contribution is -0.150. The Bertz CT molecular complexity index is 1990. The number of nitrogens with zero attached hydrogens (tertiary/aromatic N) is 2. The predicted molar refractivity (Wildman–Crippen MR) is 232 cm³/mol. The molecule has 58 heavy (non-hydrogen) atoms. The highest BCUT2D eigenvalue weighted by Gasteiger charge is 2.36. The summed E-state index contributed by atoms with van der Waals surface area (Å²) in [7, 11) is 0. The zero-order valence-electron chi connectivity index (χ0n) is 32.9. The summed E-state index contributed by atoms with van der Waals surface area (Å²) in [6.07, 6.45) is 3.45. The Labute approximate surface area is 350 Å². The van der Waals surface area contributed by atoms with Gasteiger partial charge in [-0.1, -0.05) is 141 Å². The van der Waals surface area contributed by atoms with Crippen LogP contribution in [0.25, 0.3) is 0 Å². The van der Waals surface area contributed by atoms with Gasteiger partial charge in [0.25, 0.3) is 0 Å². The van der Waals surface area contributed by atoms with Gasteiger partial charge in [0.15, 0.2) is 0 Å². The molecular weight excluding hydrogens is 768 g/mol. The van der Waals surface area contributed by atoms with Crippen molar-refractivity contribution in [2.75, 3.05) is 12.3 Å². The minimum absolute atomic E-state index is 0.102. The second-order valence-electron chi connectivity index (χ2n) is 14.4. The van der Waals surface area contributed by atoms with Crippen LogP contribution in [0, 0.1) is 5.92 Å². The van der Waals surface area contributed by atoms with E-state index in [9.17, 15) is 19.5 Å². The van der Waals surface area contributed by atoms with Crippen LogP contribution in [0.5, 0.6) is 0 Å².